The van der Waals surface area contributed by atoms with E-state index >= 15 is 0 Å². The third-order valence-corrected chi connectivity index (χ3v) is 10.1. The molecule has 0 spiro atoms. The van der Waals surface area contributed by atoms with Crippen LogP contribution in [0.1, 0.15) is 31.9 Å². The highest BCUT2D eigenvalue weighted by molar-refractivity contribution is 7.71. The Kier molecular flexibility index (Phi) is 9.93. The van der Waals surface area contributed by atoms with Crippen molar-refractivity contribution in [2.45, 2.75) is 44.7 Å². The number of piperazine rings is 1. The molecular weight excluding hydrogens is 683 g/mol. The molecule has 0 radical (unpaired) electrons. The van der Waals surface area contributed by atoms with Crippen LogP contribution in [0, 0.1) is 4.77 Å². The first-order chi connectivity index (χ1) is 23.8. The topological polar surface area (TPSA) is 87.6 Å². The Balaban J connectivity index is 0.925. The second-order valence-electron chi connectivity index (χ2n) is 12.3. The summed E-state index contributed by atoms with van der Waals surface area (Å²) in [7, 11) is 0. The van der Waals surface area contributed by atoms with E-state index < -0.39 is 5.79 Å². The number of aromatic nitrogens is 6. The molecule has 14 heteroatoms. The molecule has 1 unspecified atom stereocenters. The summed E-state index contributed by atoms with van der Waals surface area (Å²) in [6, 6.07) is 22.3. The maximum atomic E-state index is 6.58. The highest BCUT2D eigenvalue weighted by Gasteiger charge is 2.46. The molecule has 2 aromatic heterocycles. The first kappa shape index (κ1) is 33.6. The van der Waals surface area contributed by atoms with Gasteiger partial charge in [-0.25, -0.2) is 4.68 Å². The van der Waals surface area contributed by atoms with Gasteiger partial charge in [0.1, 0.15) is 31.3 Å². The van der Waals surface area contributed by atoms with Crippen LogP contribution in [0.3, 0.4) is 0 Å². The summed E-state index contributed by atoms with van der Waals surface area (Å²) in [6.45, 7) is 8.82. The first-order valence-electron chi connectivity index (χ1n) is 16.4. The third-order valence-electron chi connectivity index (χ3n) is 9.13. The van der Waals surface area contributed by atoms with Crippen LogP contribution in [0.2, 0.25) is 10.0 Å². The van der Waals surface area contributed by atoms with Crippen LogP contribution in [-0.4, -0.2) is 74.8 Å². The molecule has 0 aliphatic carbocycles. The molecule has 7 rings (SSSR count). The predicted octanol–water partition coefficient (Wildman–Crippen LogP) is 6.95. The molecular formula is C35H38Cl2N8O3S. The Bertz CT molecular complexity index is 1910. The van der Waals surface area contributed by atoms with E-state index in [2.05, 4.69) is 75.3 Å². The normalized spacial score (nSPS) is 20.1. The first-order valence-corrected chi connectivity index (χ1v) is 17.6. The highest BCUT2D eigenvalue weighted by Crippen LogP contribution is 2.40. The molecule has 2 aliphatic rings. The maximum absolute atomic E-state index is 6.58. The zero-order valence-corrected chi connectivity index (χ0v) is 29.7. The molecule has 256 valence electrons. The second kappa shape index (κ2) is 14.5. The number of hydrogen-bond donors (Lipinski definition) is 0. The van der Waals surface area contributed by atoms with E-state index in [1.54, 1.807) is 30.9 Å². The number of benzene rings is 3. The lowest BCUT2D eigenvalue weighted by Crippen LogP contribution is -2.46. The Hall–Kier alpha value is -3.94. The van der Waals surface area contributed by atoms with Crippen molar-refractivity contribution in [2.75, 3.05) is 49.2 Å². The van der Waals surface area contributed by atoms with Crippen LogP contribution in [-0.2, 0) is 21.8 Å². The summed E-state index contributed by atoms with van der Waals surface area (Å²) >= 11 is 18.4. The van der Waals surface area contributed by atoms with Gasteiger partial charge in [0.25, 0.3) is 0 Å². The molecule has 0 saturated carbocycles. The molecule has 0 N–H and O–H groups in total. The molecule has 3 aromatic carbocycles. The minimum atomic E-state index is -1.17. The van der Waals surface area contributed by atoms with Gasteiger partial charge in [-0.1, -0.05) is 36.2 Å². The smallest absolute Gasteiger partial charge is 0.219 e. The summed E-state index contributed by atoms with van der Waals surface area (Å²) in [5.74, 6) is -0.412. The molecule has 2 aliphatic heterocycles. The zero-order valence-electron chi connectivity index (χ0n) is 27.4. The molecule has 5 aromatic rings. The SMILES string of the molecule is CCC(C)n1ncn(-c2ccc(N3CCN(c4ccc(OC[C@@H]5CO[C@@](Cn6nccn6)(c6ccc(Cl)cc6Cl)O5)cc4)CC3)cc2)c1=S. The largest absolute Gasteiger partial charge is 0.491 e. The van der Waals surface area contributed by atoms with Gasteiger partial charge < -0.3 is 24.0 Å². The standard InChI is InChI=1S/C35H38Cl2N8O3S/c1-3-25(2)45-34(49)43(24-40-45)29-7-5-27(6-8-29)41-16-18-42(19-17-41)28-9-11-30(12-10-28)46-21-31-22-47-35(48-31,23-44-38-14-15-39-44)32-13-4-26(36)20-33(32)37/h4-15,20,24-25,31H,3,16-19,21-23H2,1-2H3/t25?,31-,35-/m1/s1. The van der Waals surface area contributed by atoms with Gasteiger partial charge in [0, 0.05) is 53.8 Å². The van der Waals surface area contributed by atoms with Gasteiger partial charge in [0.15, 0.2) is 0 Å². The number of hydrogen-bond acceptors (Lipinski definition) is 9. The Labute approximate surface area is 300 Å². The Morgan fingerprint density at radius 1 is 0.898 bits per heavy atom. The van der Waals surface area contributed by atoms with E-state index in [1.807, 2.05) is 27.4 Å². The lowest BCUT2D eigenvalue weighted by molar-refractivity contribution is -0.192. The molecule has 49 heavy (non-hydrogen) atoms. The van der Waals surface area contributed by atoms with E-state index in [-0.39, 0.29) is 18.7 Å². The van der Waals surface area contributed by atoms with Gasteiger partial charge in [0.05, 0.1) is 30.1 Å². The van der Waals surface area contributed by atoms with Crippen molar-refractivity contribution < 1.29 is 14.2 Å². The Morgan fingerprint density at radius 2 is 1.53 bits per heavy atom. The number of rotatable bonds is 11. The summed E-state index contributed by atoms with van der Waals surface area (Å²) in [5, 5.41) is 14.0. The van der Waals surface area contributed by atoms with Crippen LogP contribution in [0.4, 0.5) is 11.4 Å². The number of nitrogens with zero attached hydrogens (tertiary/aromatic N) is 8. The quantitative estimate of drug-likeness (QED) is 0.135. The van der Waals surface area contributed by atoms with Gasteiger partial charge in [-0.15, -0.1) is 0 Å². The lowest BCUT2D eigenvalue weighted by atomic mass is 10.1. The van der Waals surface area contributed by atoms with Crippen LogP contribution in [0.5, 0.6) is 5.75 Å². The molecule has 2 saturated heterocycles. The molecule has 4 heterocycles. The van der Waals surface area contributed by atoms with Crippen LogP contribution < -0.4 is 14.5 Å². The minimum absolute atomic E-state index is 0.227. The third kappa shape index (κ3) is 7.20. The van der Waals surface area contributed by atoms with E-state index in [9.17, 15) is 0 Å². The van der Waals surface area contributed by atoms with E-state index in [1.165, 1.54) is 16.2 Å². The van der Waals surface area contributed by atoms with Crippen molar-refractivity contribution in [1.29, 1.82) is 0 Å². The van der Waals surface area contributed by atoms with Crippen LogP contribution >= 0.6 is 35.4 Å². The average molecular weight is 722 g/mol. The van der Waals surface area contributed by atoms with Crippen molar-refractivity contribution in [3.8, 4) is 11.4 Å². The fourth-order valence-corrected chi connectivity index (χ4v) is 7.16. The predicted molar refractivity (Wildman–Crippen MR) is 193 cm³/mol. The van der Waals surface area contributed by atoms with E-state index in [4.69, 9.17) is 49.6 Å². The van der Waals surface area contributed by atoms with Crippen molar-refractivity contribution in [2.24, 2.45) is 0 Å². The molecule has 2 fully saturated rings. The summed E-state index contributed by atoms with van der Waals surface area (Å²) < 4.78 is 23.5. The van der Waals surface area contributed by atoms with Gasteiger partial charge in [0.2, 0.25) is 10.6 Å². The average Bonchev–Trinajstić information content (AvgIpc) is 3.88. The fourth-order valence-electron chi connectivity index (χ4n) is 6.22. The second-order valence-corrected chi connectivity index (χ2v) is 13.5. The van der Waals surface area contributed by atoms with Crippen molar-refractivity contribution in [1.82, 2.24) is 29.3 Å². The van der Waals surface area contributed by atoms with Crippen molar-refractivity contribution in [3.63, 3.8) is 0 Å². The summed E-state index contributed by atoms with van der Waals surface area (Å²) in [6.07, 6.45) is 5.68. The van der Waals surface area contributed by atoms with Gasteiger partial charge in [-0.3, -0.25) is 4.57 Å². The Morgan fingerprint density at radius 3 is 2.16 bits per heavy atom. The molecule has 11 nitrogen and oxygen atoms in total. The van der Waals surface area contributed by atoms with Gasteiger partial charge in [-0.05, 0) is 86.2 Å². The van der Waals surface area contributed by atoms with Crippen molar-refractivity contribution in [3.05, 3.63) is 106 Å². The highest BCUT2D eigenvalue weighted by atomic mass is 35.5. The minimum Gasteiger partial charge on any atom is -0.491 e. The zero-order chi connectivity index (χ0) is 34.0. The fraction of sp³-hybridized carbons (Fsp3) is 0.371. The number of ether oxygens (including phenoxy) is 3. The maximum Gasteiger partial charge on any atom is 0.219 e. The van der Waals surface area contributed by atoms with Crippen LogP contribution in [0.15, 0.2) is 85.5 Å². The van der Waals surface area contributed by atoms with E-state index in [0.29, 0.717) is 33.6 Å². The lowest BCUT2D eigenvalue weighted by Gasteiger charge is -2.37. The van der Waals surface area contributed by atoms with Crippen LogP contribution in [0.25, 0.3) is 5.69 Å². The van der Waals surface area contributed by atoms with Gasteiger partial charge in [-0.2, -0.15) is 20.1 Å². The number of halogens is 2. The van der Waals surface area contributed by atoms with E-state index in [0.717, 1.165) is 44.0 Å². The summed E-state index contributed by atoms with van der Waals surface area (Å²) in [4.78, 5) is 6.34. The molecule has 0 amide bonds. The number of anilines is 2. The van der Waals surface area contributed by atoms with Crippen molar-refractivity contribution >= 4 is 46.8 Å². The molecule has 0 bridgehead atoms. The monoisotopic (exact) mass is 720 g/mol. The van der Waals surface area contributed by atoms with Gasteiger partial charge >= 0.3 is 0 Å². The molecule has 3 atom stereocenters. The summed E-state index contributed by atoms with van der Waals surface area (Å²) in [5.41, 5.74) is 4.05.